The maximum absolute atomic E-state index is 11.9. The van der Waals surface area contributed by atoms with Crippen LogP contribution in [-0.4, -0.2) is 43.4 Å². The molecule has 1 heterocycles. The lowest BCUT2D eigenvalue weighted by molar-refractivity contribution is -0.137. The Morgan fingerprint density at radius 3 is 2.79 bits per heavy atom. The van der Waals surface area contributed by atoms with Crippen LogP contribution in [0.3, 0.4) is 0 Å². The van der Waals surface area contributed by atoms with Crippen LogP contribution in [0, 0.1) is 0 Å². The van der Waals surface area contributed by atoms with Gasteiger partial charge in [-0.05, 0) is 24.8 Å². The van der Waals surface area contributed by atoms with Crippen LogP contribution in [-0.2, 0) is 21.4 Å². The molecule has 0 aliphatic rings. The molecule has 108 valence electrons. The summed E-state index contributed by atoms with van der Waals surface area (Å²) >= 11 is 1.57. The summed E-state index contributed by atoms with van der Waals surface area (Å²) < 4.78 is 27.4. The Hall–Kier alpha value is -0.960. The van der Waals surface area contributed by atoms with E-state index in [4.69, 9.17) is 5.11 Å². The molecule has 1 atom stereocenters. The molecule has 8 heteroatoms. The van der Waals surface area contributed by atoms with Gasteiger partial charge in [-0.25, -0.2) is 0 Å². The molecular formula is C11H18N2O4S2. The van der Waals surface area contributed by atoms with Gasteiger partial charge < -0.3 is 5.11 Å². The number of rotatable bonds is 8. The highest BCUT2D eigenvalue weighted by Gasteiger charge is 2.20. The van der Waals surface area contributed by atoms with Gasteiger partial charge in [-0.2, -0.15) is 17.4 Å². The van der Waals surface area contributed by atoms with Crippen LogP contribution in [0.25, 0.3) is 0 Å². The summed E-state index contributed by atoms with van der Waals surface area (Å²) in [4.78, 5) is 11.5. The predicted octanol–water partition coefficient (Wildman–Crippen LogP) is 0.920. The second-order valence-electron chi connectivity index (χ2n) is 4.27. The van der Waals surface area contributed by atoms with E-state index in [-0.39, 0.29) is 19.0 Å². The molecular weight excluding hydrogens is 288 g/mol. The Balaban J connectivity index is 2.51. The van der Waals surface area contributed by atoms with Crippen molar-refractivity contribution in [1.29, 1.82) is 0 Å². The van der Waals surface area contributed by atoms with E-state index in [1.165, 1.54) is 7.05 Å². The smallest absolute Gasteiger partial charge is 0.304 e. The average molecular weight is 306 g/mol. The van der Waals surface area contributed by atoms with Gasteiger partial charge in [-0.15, -0.1) is 11.3 Å². The lowest BCUT2D eigenvalue weighted by Gasteiger charge is -2.20. The van der Waals surface area contributed by atoms with E-state index in [9.17, 15) is 13.2 Å². The number of hydrogen-bond donors (Lipinski definition) is 2. The van der Waals surface area contributed by atoms with Crippen LogP contribution in [0.4, 0.5) is 0 Å². The number of aliphatic carboxylic acids is 1. The van der Waals surface area contributed by atoms with Crippen molar-refractivity contribution in [2.75, 3.05) is 13.6 Å². The Kier molecular flexibility index (Phi) is 5.92. The molecule has 0 saturated carbocycles. The summed E-state index contributed by atoms with van der Waals surface area (Å²) in [6.45, 7) is 1.73. The number of carboxylic acids is 1. The fourth-order valence-electron chi connectivity index (χ4n) is 1.49. The van der Waals surface area contributed by atoms with Gasteiger partial charge in [0.15, 0.2) is 0 Å². The fraction of sp³-hybridized carbons (Fsp3) is 0.545. The minimum Gasteiger partial charge on any atom is -0.481 e. The first-order valence-corrected chi connectivity index (χ1v) is 8.11. The van der Waals surface area contributed by atoms with Gasteiger partial charge in [0.2, 0.25) is 0 Å². The average Bonchev–Trinajstić information content (AvgIpc) is 2.77. The Morgan fingerprint density at radius 1 is 1.58 bits per heavy atom. The van der Waals surface area contributed by atoms with Crippen molar-refractivity contribution in [1.82, 2.24) is 9.03 Å². The minimum absolute atomic E-state index is 0.0452. The van der Waals surface area contributed by atoms with Crippen molar-refractivity contribution in [3.8, 4) is 0 Å². The van der Waals surface area contributed by atoms with Crippen molar-refractivity contribution >= 4 is 27.5 Å². The lowest BCUT2D eigenvalue weighted by atomic mass is 10.2. The number of nitrogens with zero attached hydrogens (tertiary/aromatic N) is 1. The van der Waals surface area contributed by atoms with Crippen LogP contribution < -0.4 is 4.72 Å². The molecule has 0 amide bonds. The molecule has 0 aliphatic heterocycles. The summed E-state index contributed by atoms with van der Waals surface area (Å²) in [6, 6.07) is 3.63. The van der Waals surface area contributed by atoms with E-state index < -0.39 is 16.2 Å². The molecule has 1 rings (SSSR count). The van der Waals surface area contributed by atoms with Crippen molar-refractivity contribution < 1.29 is 18.3 Å². The standard InChI is InChI=1S/C11H18N2O4S2/c1-9(8-10-4-3-7-18-10)12-19(16,17)13(2)6-5-11(14)15/h3-4,7,9,12H,5-6,8H2,1-2H3,(H,14,15). The fourth-order valence-corrected chi connectivity index (χ4v) is 3.43. The van der Waals surface area contributed by atoms with Crippen LogP contribution in [0.2, 0.25) is 0 Å². The quantitative estimate of drug-likeness (QED) is 0.748. The second kappa shape index (κ2) is 6.99. The molecule has 0 aliphatic carbocycles. The third-order valence-corrected chi connectivity index (χ3v) is 5.09. The largest absolute Gasteiger partial charge is 0.481 e. The number of hydrogen-bond acceptors (Lipinski definition) is 4. The Morgan fingerprint density at radius 2 is 2.26 bits per heavy atom. The normalized spacial score (nSPS) is 13.6. The molecule has 2 N–H and O–H groups in total. The summed E-state index contributed by atoms with van der Waals surface area (Å²) in [7, 11) is -2.27. The molecule has 0 aromatic carbocycles. The summed E-state index contributed by atoms with van der Waals surface area (Å²) in [5.74, 6) is -1.02. The molecule has 0 saturated heterocycles. The van der Waals surface area contributed by atoms with Gasteiger partial charge in [0.1, 0.15) is 0 Å². The molecule has 0 spiro atoms. The van der Waals surface area contributed by atoms with Crippen molar-refractivity contribution in [3.05, 3.63) is 22.4 Å². The van der Waals surface area contributed by atoms with Gasteiger partial charge >= 0.3 is 5.97 Å². The second-order valence-corrected chi connectivity index (χ2v) is 7.11. The van der Waals surface area contributed by atoms with Crippen molar-refractivity contribution in [3.63, 3.8) is 0 Å². The number of nitrogens with one attached hydrogen (secondary N) is 1. The zero-order valence-electron chi connectivity index (χ0n) is 10.9. The minimum atomic E-state index is -3.63. The summed E-state index contributed by atoms with van der Waals surface area (Å²) in [5, 5.41) is 10.5. The highest BCUT2D eigenvalue weighted by molar-refractivity contribution is 7.87. The summed E-state index contributed by atoms with van der Waals surface area (Å²) in [6.07, 6.45) is 0.403. The van der Waals surface area contributed by atoms with E-state index in [0.717, 1.165) is 9.18 Å². The zero-order valence-corrected chi connectivity index (χ0v) is 12.5. The van der Waals surface area contributed by atoms with Crippen LogP contribution in [0.1, 0.15) is 18.2 Å². The zero-order chi connectivity index (χ0) is 14.5. The molecule has 1 aromatic rings. The van der Waals surface area contributed by atoms with E-state index >= 15 is 0 Å². The molecule has 0 bridgehead atoms. The molecule has 19 heavy (non-hydrogen) atoms. The number of carboxylic acid groups (broad SMARTS) is 1. The third-order valence-electron chi connectivity index (χ3n) is 2.49. The predicted molar refractivity (Wildman–Crippen MR) is 74.4 cm³/mol. The number of carbonyl (C=O) groups is 1. The molecule has 0 radical (unpaired) electrons. The van der Waals surface area contributed by atoms with E-state index in [2.05, 4.69) is 4.72 Å². The van der Waals surface area contributed by atoms with E-state index in [1.807, 2.05) is 17.5 Å². The maximum Gasteiger partial charge on any atom is 0.304 e. The summed E-state index contributed by atoms with van der Waals surface area (Å²) in [5.41, 5.74) is 0. The van der Waals surface area contributed by atoms with Gasteiger partial charge in [0.25, 0.3) is 10.2 Å². The highest BCUT2D eigenvalue weighted by Crippen LogP contribution is 2.11. The molecule has 6 nitrogen and oxygen atoms in total. The molecule has 0 fully saturated rings. The van der Waals surface area contributed by atoms with Gasteiger partial charge in [0, 0.05) is 24.5 Å². The molecule has 1 unspecified atom stereocenters. The third kappa shape index (κ3) is 5.68. The first-order chi connectivity index (χ1) is 8.81. The van der Waals surface area contributed by atoms with Crippen molar-refractivity contribution in [2.45, 2.75) is 25.8 Å². The van der Waals surface area contributed by atoms with Gasteiger partial charge in [-0.3, -0.25) is 4.79 Å². The monoisotopic (exact) mass is 306 g/mol. The van der Waals surface area contributed by atoms with Gasteiger partial charge in [-0.1, -0.05) is 6.07 Å². The van der Waals surface area contributed by atoms with Gasteiger partial charge in [0.05, 0.1) is 6.42 Å². The van der Waals surface area contributed by atoms with Crippen LogP contribution in [0.15, 0.2) is 17.5 Å². The molecule has 1 aromatic heterocycles. The Bertz CT molecular complexity index is 499. The topological polar surface area (TPSA) is 86.7 Å². The Labute approximate surface area is 117 Å². The SMILES string of the molecule is CC(Cc1cccs1)NS(=O)(=O)N(C)CCC(=O)O. The number of thiophene rings is 1. The van der Waals surface area contributed by atoms with Crippen LogP contribution >= 0.6 is 11.3 Å². The lowest BCUT2D eigenvalue weighted by Crippen LogP contribution is -2.43. The first-order valence-electron chi connectivity index (χ1n) is 5.79. The highest BCUT2D eigenvalue weighted by atomic mass is 32.2. The van der Waals surface area contributed by atoms with E-state index in [1.54, 1.807) is 18.3 Å². The van der Waals surface area contributed by atoms with Crippen LogP contribution in [0.5, 0.6) is 0 Å². The van der Waals surface area contributed by atoms with Crippen molar-refractivity contribution in [2.24, 2.45) is 0 Å². The maximum atomic E-state index is 11.9. The first kappa shape index (κ1) is 16.1. The van der Waals surface area contributed by atoms with E-state index in [0.29, 0.717) is 6.42 Å².